The molecule has 3 nitrogen and oxygen atoms in total. The van der Waals surface area contributed by atoms with Crippen molar-refractivity contribution >= 4 is 18.4 Å². The number of carboxylic acid groups (broad SMARTS) is 1. The molecule has 1 saturated carbocycles. The van der Waals surface area contributed by atoms with Crippen LogP contribution in [0.4, 0.5) is 0 Å². The molecule has 1 saturated heterocycles. The molecule has 0 unspecified atom stereocenters. The van der Waals surface area contributed by atoms with Crippen LogP contribution in [0.3, 0.4) is 0 Å². The van der Waals surface area contributed by atoms with Gasteiger partial charge in [0.1, 0.15) is 0 Å². The zero-order valence-electron chi connectivity index (χ0n) is 8.24. The summed E-state index contributed by atoms with van der Waals surface area (Å²) in [7, 11) is 0. The highest BCUT2D eigenvalue weighted by Gasteiger charge is 2.38. The molecule has 1 aliphatic carbocycles. The zero-order chi connectivity index (χ0) is 9.26. The van der Waals surface area contributed by atoms with Crippen LogP contribution in [0.25, 0.3) is 0 Å². The van der Waals surface area contributed by atoms with Crippen molar-refractivity contribution in [3.8, 4) is 0 Å². The fourth-order valence-electron chi connectivity index (χ4n) is 2.49. The number of rotatable bonds is 3. The Kier molecular flexibility index (Phi) is 4.20. The van der Waals surface area contributed by atoms with Crippen molar-refractivity contribution in [1.29, 1.82) is 0 Å². The normalized spacial score (nSPS) is 32.0. The van der Waals surface area contributed by atoms with Crippen molar-refractivity contribution in [1.82, 2.24) is 5.32 Å². The molecule has 82 valence electrons. The second kappa shape index (κ2) is 4.99. The largest absolute Gasteiger partial charge is 0.481 e. The third-order valence-electron chi connectivity index (χ3n) is 3.34. The van der Waals surface area contributed by atoms with E-state index >= 15 is 0 Å². The van der Waals surface area contributed by atoms with E-state index in [1.165, 1.54) is 12.8 Å². The molecular formula is C10H18ClNO2. The SMILES string of the molecule is Cl.O=C(O)C[C@@H]1CCNC[C@@H]1C1CC1. The summed E-state index contributed by atoms with van der Waals surface area (Å²) < 4.78 is 0. The predicted octanol–water partition coefficient (Wildman–Crippen LogP) is 1.52. The quantitative estimate of drug-likeness (QED) is 0.757. The van der Waals surface area contributed by atoms with Gasteiger partial charge in [0, 0.05) is 6.42 Å². The maximum atomic E-state index is 10.6. The summed E-state index contributed by atoms with van der Waals surface area (Å²) in [6.07, 6.45) is 4.07. The first-order valence-electron chi connectivity index (χ1n) is 5.20. The van der Waals surface area contributed by atoms with Crippen LogP contribution in [0, 0.1) is 17.8 Å². The number of hydrogen-bond acceptors (Lipinski definition) is 2. The van der Waals surface area contributed by atoms with Gasteiger partial charge in [-0.15, -0.1) is 12.4 Å². The van der Waals surface area contributed by atoms with E-state index in [2.05, 4.69) is 5.32 Å². The first-order chi connectivity index (χ1) is 6.27. The molecule has 0 spiro atoms. The van der Waals surface area contributed by atoms with Gasteiger partial charge in [-0.25, -0.2) is 0 Å². The van der Waals surface area contributed by atoms with E-state index in [1.807, 2.05) is 0 Å². The molecule has 0 aromatic carbocycles. The summed E-state index contributed by atoms with van der Waals surface area (Å²) in [5.74, 6) is 1.28. The third-order valence-corrected chi connectivity index (χ3v) is 3.34. The van der Waals surface area contributed by atoms with Crippen molar-refractivity contribution < 1.29 is 9.90 Å². The summed E-state index contributed by atoms with van der Waals surface area (Å²) in [4.78, 5) is 10.6. The van der Waals surface area contributed by atoms with Gasteiger partial charge in [-0.3, -0.25) is 4.79 Å². The zero-order valence-corrected chi connectivity index (χ0v) is 9.05. The van der Waals surface area contributed by atoms with Gasteiger partial charge >= 0.3 is 5.97 Å². The molecular weight excluding hydrogens is 202 g/mol. The van der Waals surface area contributed by atoms with Gasteiger partial charge in [-0.1, -0.05) is 0 Å². The van der Waals surface area contributed by atoms with Gasteiger partial charge in [0.05, 0.1) is 0 Å². The minimum atomic E-state index is -0.627. The highest BCUT2D eigenvalue weighted by molar-refractivity contribution is 5.85. The molecule has 2 N–H and O–H groups in total. The Hall–Kier alpha value is -0.280. The molecule has 0 aromatic rings. The van der Waals surface area contributed by atoms with Crippen molar-refractivity contribution in [3.63, 3.8) is 0 Å². The molecule has 14 heavy (non-hydrogen) atoms. The van der Waals surface area contributed by atoms with Crippen LogP contribution in [0.1, 0.15) is 25.7 Å². The fourth-order valence-corrected chi connectivity index (χ4v) is 2.49. The van der Waals surface area contributed by atoms with Gasteiger partial charge in [0.15, 0.2) is 0 Å². The predicted molar refractivity (Wildman–Crippen MR) is 56.7 cm³/mol. The van der Waals surface area contributed by atoms with Crippen molar-refractivity contribution in [2.24, 2.45) is 17.8 Å². The summed E-state index contributed by atoms with van der Waals surface area (Å²) >= 11 is 0. The van der Waals surface area contributed by atoms with Gasteiger partial charge in [-0.2, -0.15) is 0 Å². The van der Waals surface area contributed by atoms with Gasteiger partial charge < -0.3 is 10.4 Å². The molecule has 1 aliphatic heterocycles. The Morgan fingerprint density at radius 3 is 2.64 bits per heavy atom. The standard InChI is InChI=1S/C10H17NO2.ClH/c12-10(13)5-8-3-4-11-6-9(8)7-1-2-7;/h7-9,11H,1-6H2,(H,12,13);1H/t8-,9+;/m0./s1. The van der Waals surface area contributed by atoms with Crippen LogP contribution < -0.4 is 5.32 Å². The maximum absolute atomic E-state index is 10.6. The molecule has 0 radical (unpaired) electrons. The molecule has 2 aliphatic rings. The van der Waals surface area contributed by atoms with E-state index in [0.29, 0.717) is 18.3 Å². The van der Waals surface area contributed by atoms with Crippen LogP contribution in [-0.4, -0.2) is 24.2 Å². The molecule has 2 atom stereocenters. The fraction of sp³-hybridized carbons (Fsp3) is 0.900. The highest BCUT2D eigenvalue weighted by atomic mass is 35.5. The lowest BCUT2D eigenvalue weighted by molar-refractivity contribution is -0.138. The second-order valence-corrected chi connectivity index (χ2v) is 4.35. The molecule has 0 amide bonds. The summed E-state index contributed by atoms with van der Waals surface area (Å²) in [5, 5.41) is 12.1. The molecule has 4 heteroatoms. The van der Waals surface area contributed by atoms with Gasteiger partial charge in [0.25, 0.3) is 0 Å². The van der Waals surface area contributed by atoms with Crippen molar-refractivity contribution in [2.45, 2.75) is 25.7 Å². The minimum absolute atomic E-state index is 0. The van der Waals surface area contributed by atoms with Crippen LogP contribution in [-0.2, 0) is 4.79 Å². The number of piperidine rings is 1. The van der Waals surface area contributed by atoms with Gasteiger partial charge in [-0.05, 0) is 50.1 Å². The Morgan fingerprint density at radius 1 is 1.36 bits per heavy atom. The number of carboxylic acids is 1. The lowest BCUT2D eigenvalue weighted by Gasteiger charge is -2.31. The number of halogens is 1. The maximum Gasteiger partial charge on any atom is 0.303 e. The first kappa shape index (κ1) is 11.8. The summed E-state index contributed by atoms with van der Waals surface area (Å²) in [6, 6.07) is 0. The molecule has 0 bridgehead atoms. The number of nitrogens with one attached hydrogen (secondary N) is 1. The monoisotopic (exact) mass is 219 g/mol. The van der Waals surface area contributed by atoms with Gasteiger partial charge in [0.2, 0.25) is 0 Å². The van der Waals surface area contributed by atoms with E-state index in [0.717, 1.165) is 25.4 Å². The first-order valence-corrected chi connectivity index (χ1v) is 5.20. The van der Waals surface area contributed by atoms with Crippen molar-refractivity contribution in [3.05, 3.63) is 0 Å². The van der Waals surface area contributed by atoms with Crippen LogP contribution in [0.2, 0.25) is 0 Å². The molecule has 0 aromatic heterocycles. The van der Waals surface area contributed by atoms with Crippen LogP contribution >= 0.6 is 12.4 Å². The average molecular weight is 220 g/mol. The number of carbonyl (C=O) groups is 1. The third kappa shape index (κ3) is 2.85. The number of aliphatic carboxylic acids is 1. The van der Waals surface area contributed by atoms with Crippen LogP contribution in [0.5, 0.6) is 0 Å². The average Bonchev–Trinajstić information content (AvgIpc) is 2.87. The van der Waals surface area contributed by atoms with Crippen molar-refractivity contribution in [2.75, 3.05) is 13.1 Å². The topological polar surface area (TPSA) is 49.3 Å². The van der Waals surface area contributed by atoms with E-state index < -0.39 is 5.97 Å². The molecule has 2 rings (SSSR count). The molecule has 1 heterocycles. The summed E-state index contributed by atoms with van der Waals surface area (Å²) in [6.45, 7) is 2.05. The number of hydrogen-bond donors (Lipinski definition) is 2. The Bertz CT molecular complexity index is 206. The molecule has 2 fully saturated rings. The lowest BCUT2D eigenvalue weighted by atomic mass is 9.81. The van der Waals surface area contributed by atoms with E-state index in [4.69, 9.17) is 5.11 Å². The Labute approximate surface area is 90.7 Å². The second-order valence-electron chi connectivity index (χ2n) is 4.35. The van der Waals surface area contributed by atoms with E-state index in [9.17, 15) is 4.79 Å². The van der Waals surface area contributed by atoms with Crippen LogP contribution in [0.15, 0.2) is 0 Å². The lowest BCUT2D eigenvalue weighted by Crippen LogP contribution is -2.38. The Balaban J connectivity index is 0.000000980. The Morgan fingerprint density at radius 2 is 2.07 bits per heavy atom. The minimum Gasteiger partial charge on any atom is -0.481 e. The van der Waals surface area contributed by atoms with E-state index in [-0.39, 0.29) is 12.4 Å². The highest BCUT2D eigenvalue weighted by Crippen LogP contribution is 2.43. The smallest absolute Gasteiger partial charge is 0.303 e. The summed E-state index contributed by atoms with van der Waals surface area (Å²) in [5.41, 5.74) is 0. The van der Waals surface area contributed by atoms with E-state index in [1.54, 1.807) is 0 Å².